The van der Waals surface area contributed by atoms with Gasteiger partial charge in [-0.1, -0.05) is 6.07 Å². The first-order valence-corrected chi connectivity index (χ1v) is 7.54. The third-order valence-corrected chi connectivity index (χ3v) is 4.10. The molecule has 1 aromatic heterocycles. The standard InChI is InChI=1S/C18H22N2O3/c1-12-7-8-15(10-13(12)2)18(22)19-11-17(21)20(4)14(3)16-6-5-9-23-16/h5-10,14H,11H2,1-4H3,(H,19,22). The van der Waals surface area contributed by atoms with E-state index in [4.69, 9.17) is 4.42 Å². The molecule has 0 aliphatic rings. The number of aryl methyl sites for hydroxylation is 2. The van der Waals surface area contributed by atoms with Crippen LogP contribution in [0.2, 0.25) is 0 Å². The largest absolute Gasteiger partial charge is 0.467 e. The summed E-state index contributed by atoms with van der Waals surface area (Å²) in [6.07, 6.45) is 1.58. The summed E-state index contributed by atoms with van der Waals surface area (Å²) in [4.78, 5) is 25.9. The van der Waals surface area contributed by atoms with E-state index in [-0.39, 0.29) is 24.4 Å². The molecule has 122 valence electrons. The maximum atomic E-state index is 12.2. The first-order chi connectivity index (χ1) is 10.9. The second-order valence-corrected chi connectivity index (χ2v) is 5.68. The van der Waals surface area contributed by atoms with Crippen molar-refractivity contribution in [3.63, 3.8) is 0 Å². The summed E-state index contributed by atoms with van der Waals surface area (Å²) in [6, 6.07) is 8.91. The SMILES string of the molecule is Cc1ccc(C(=O)NCC(=O)N(C)C(C)c2ccco2)cc1C. The van der Waals surface area contributed by atoms with Crippen molar-refractivity contribution in [2.75, 3.05) is 13.6 Å². The maximum Gasteiger partial charge on any atom is 0.251 e. The molecule has 23 heavy (non-hydrogen) atoms. The van der Waals surface area contributed by atoms with E-state index in [0.29, 0.717) is 11.3 Å². The molecule has 0 saturated carbocycles. The molecule has 0 aliphatic heterocycles. The number of amides is 2. The van der Waals surface area contributed by atoms with Crippen LogP contribution in [-0.4, -0.2) is 30.3 Å². The fraction of sp³-hybridized carbons (Fsp3) is 0.333. The molecule has 5 nitrogen and oxygen atoms in total. The molecule has 0 spiro atoms. The van der Waals surface area contributed by atoms with Gasteiger partial charge in [0.1, 0.15) is 5.76 Å². The normalized spacial score (nSPS) is 11.8. The Kier molecular flexibility index (Phi) is 5.21. The van der Waals surface area contributed by atoms with Gasteiger partial charge in [0.15, 0.2) is 0 Å². The summed E-state index contributed by atoms with van der Waals surface area (Å²) >= 11 is 0. The number of benzene rings is 1. The number of nitrogens with one attached hydrogen (secondary N) is 1. The molecule has 1 atom stereocenters. The Morgan fingerprint density at radius 2 is 1.96 bits per heavy atom. The third kappa shape index (κ3) is 4.00. The number of hydrogen-bond donors (Lipinski definition) is 1. The number of furan rings is 1. The van der Waals surface area contributed by atoms with Gasteiger partial charge >= 0.3 is 0 Å². The Morgan fingerprint density at radius 1 is 1.22 bits per heavy atom. The zero-order valence-corrected chi connectivity index (χ0v) is 13.9. The maximum absolute atomic E-state index is 12.2. The number of carbonyl (C=O) groups is 2. The molecule has 1 heterocycles. The molecule has 0 fully saturated rings. The fourth-order valence-electron chi connectivity index (χ4n) is 2.20. The second-order valence-electron chi connectivity index (χ2n) is 5.68. The minimum atomic E-state index is -0.250. The molecule has 0 aliphatic carbocycles. The van der Waals surface area contributed by atoms with Crippen molar-refractivity contribution in [2.24, 2.45) is 0 Å². The van der Waals surface area contributed by atoms with E-state index in [9.17, 15) is 9.59 Å². The monoisotopic (exact) mass is 314 g/mol. The Morgan fingerprint density at radius 3 is 2.57 bits per heavy atom. The van der Waals surface area contributed by atoms with Crippen LogP contribution in [0.4, 0.5) is 0 Å². The first-order valence-electron chi connectivity index (χ1n) is 7.54. The lowest BCUT2D eigenvalue weighted by Crippen LogP contribution is -2.39. The van der Waals surface area contributed by atoms with Gasteiger partial charge in [-0.15, -0.1) is 0 Å². The first kappa shape index (κ1) is 16.8. The third-order valence-electron chi connectivity index (χ3n) is 4.10. The number of rotatable bonds is 5. The summed E-state index contributed by atoms with van der Waals surface area (Å²) in [7, 11) is 1.69. The summed E-state index contributed by atoms with van der Waals surface area (Å²) in [5, 5.41) is 2.67. The highest BCUT2D eigenvalue weighted by molar-refractivity contribution is 5.96. The summed E-state index contributed by atoms with van der Waals surface area (Å²) in [6.45, 7) is 5.77. The van der Waals surface area contributed by atoms with E-state index in [1.807, 2.05) is 39.0 Å². The van der Waals surface area contributed by atoms with Crippen LogP contribution in [0, 0.1) is 13.8 Å². The summed E-state index contributed by atoms with van der Waals surface area (Å²) in [5.41, 5.74) is 2.74. The summed E-state index contributed by atoms with van der Waals surface area (Å²) in [5.74, 6) is 0.285. The lowest BCUT2D eigenvalue weighted by atomic mass is 10.1. The molecular formula is C18H22N2O3. The van der Waals surface area contributed by atoms with Crippen molar-refractivity contribution in [3.05, 3.63) is 59.0 Å². The average Bonchev–Trinajstić information content (AvgIpc) is 3.07. The lowest BCUT2D eigenvalue weighted by Gasteiger charge is -2.23. The van der Waals surface area contributed by atoms with E-state index < -0.39 is 0 Å². The van der Waals surface area contributed by atoms with Gasteiger partial charge in [-0.25, -0.2) is 0 Å². The average molecular weight is 314 g/mol. The van der Waals surface area contributed by atoms with Crippen molar-refractivity contribution in [2.45, 2.75) is 26.8 Å². The molecule has 1 unspecified atom stereocenters. The van der Waals surface area contributed by atoms with Crippen LogP contribution < -0.4 is 5.32 Å². The number of nitrogens with zero attached hydrogens (tertiary/aromatic N) is 1. The van der Waals surface area contributed by atoms with E-state index in [0.717, 1.165) is 11.1 Å². The lowest BCUT2D eigenvalue weighted by molar-refractivity contribution is -0.131. The van der Waals surface area contributed by atoms with Crippen LogP contribution in [-0.2, 0) is 4.79 Å². The van der Waals surface area contributed by atoms with Gasteiger partial charge in [0.2, 0.25) is 5.91 Å². The molecule has 2 aromatic rings. The fourth-order valence-corrected chi connectivity index (χ4v) is 2.20. The summed E-state index contributed by atoms with van der Waals surface area (Å²) < 4.78 is 5.30. The Balaban J connectivity index is 1.93. The Labute approximate surface area is 136 Å². The van der Waals surface area contributed by atoms with E-state index in [1.165, 1.54) is 0 Å². The molecule has 0 saturated heterocycles. The molecule has 0 bridgehead atoms. The number of likely N-dealkylation sites (N-methyl/N-ethyl adjacent to an activating group) is 1. The van der Waals surface area contributed by atoms with Gasteiger partial charge in [0.05, 0.1) is 18.8 Å². The van der Waals surface area contributed by atoms with Crippen molar-refractivity contribution in [1.82, 2.24) is 10.2 Å². The molecule has 1 N–H and O–H groups in total. The number of hydrogen-bond acceptors (Lipinski definition) is 3. The topological polar surface area (TPSA) is 62.6 Å². The second kappa shape index (κ2) is 7.13. The minimum absolute atomic E-state index is 0.0483. The Hall–Kier alpha value is -2.56. The van der Waals surface area contributed by atoms with E-state index in [1.54, 1.807) is 30.3 Å². The molecule has 0 radical (unpaired) electrons. The van der Waals surface area contributed by atoms with E-state index in [2.05, 4.69) is 5.32 Å². The smallest absolute Gasteiger partial charge is 0.251 e. The highest BCUT2D eigenvalue weighted by atomic mass is 16.3. The van der Waals surface area contributed by atoms with Crippen molar-refractivity contribution in [1.29, 1.82) is 0 Å². The highest BCUT2D eigenvalue weighted by Gasteiger charge is 2.20. The van der Waals surface area contributed by atoms with Crippen molar-refractivity contribution >= 4 is 11.8 Å². The van der Waals surface area contributed by atoms with Gasteiger partial charge < -0.3 is 14.6 Å². The van der Waals surface area contributed by atoms with Crippen LogP contribution >= 0.6 is 0 Å². The minimum Gasteiger partial charge on any atom is -0.467 e. The molecule has 2 amide bonds. The van der Waals surface area contributed by atoms with Crippen LogP contribution in [0.15, 0.2) is 41.0 Å². The van der Waals surface area contributed by atoms with Gasteiger partial charge in [-0.05, 0) is 56.2 Å². The van der Waals surface area contributed by atoms with Crippen LogP contribution in [0.5, 0.6) is 0 Å². The molecule has 2 rings (SSSR count). The predicted octanol–water partition coefficient (Wildman–Crippen LogP) is 2.85. The zero-order chi connectivity index (χ0) is 17.0. The highest BCUT2D eigenvalue weighted by Crippen LogP contribution is 2.18. The van der Waals surface area contributed by atoms with Gasteiger partial charge in [0, 0.05) is 12.6 Å². The van der Waals surface area contributed by atoms with Gasteiger partial charge in [-0.2, -0.15) is 0 Å². The molecular weight excluding hydrogens is 292 g/mol. The van der Waals surface area contributed by atoms with Crippen molar-refractivity contribution < 1.29 is 14.0 Å². The van der Waals surface area contributed by atoms with Crippen LogP contribution in [0.3, 0.4) is 0 Å². The molecule has 1 aromatic carbocycles. The molecule has 5 heteroatoms. The zero-order valence-electron chi connectivity index (χ0n) is 13.9. The van der Waals surface area contributed by atoms with Gasteiger partial charge in [-0.3, -0.25) is 9.59 Å². The van der Waals surface area contributed by atoms with Crippen molar-refractivity contribution in [3.8, 4) is 0 Å². The van der Waals surface area contributed by atoms with Gasteiger partial charge in [0.25, 0.3) is 5.91 Å². The quantitative estimate of drug-likeness (QED) is 0.923. The Bertz CT molecular complexity index is 692. The van der Waals surface area contributed by atoms with Crippen LogP contribution in [0.25, 0.3) is 0 Å². The predicted molar refractivity (Wildman–Crippen MR) is 88.1 cm³/mol. The van der Waals surface area contributed by atoms with E-state index >= 15 is 0 Å². The van der Waals surface area contributed by atoms with Crippen LogP contribution in [0.1, 0.15) is 40.2 Å². The number of carbonyl (C=O) groups excluding carboxylic acids is 2.